The fourth-order valence-electron chi connectivity index (χ4n) is 1.45. The molecule has 0 spiro atoms. The fraction of sp³-hybridized carbons (Fsp3) is 0.273. The maximum atomic E-state index is 12.9. The Balaban J connectivity index is 2.16. The second-order valence-electron chi connectivity index (χ2n) is 3.30. The first kappa shape index (κ1) is 10.1. The van der Waals surface area contributed by atoms with Crippen LogP contribution in [0.15, 0.2) is 28.7 Å². The van der Waals surface area contributed by atoms with E-state index in [0.717, 1.165) is 11.1 Å². The molecule has 3 nitrogen and oxygen atoms in total. The van der Waals surface area contributed by atoms with E-state index in [4.69, 9.17) is 9.52 Å². The van der Waals surface area contributed by atoms with Crippen molar-refractivity contribution in [1.82, 2.24) is 5.32 Å². The van der Waals surface area contributed by atoms with Crippen molar-refractivity contribution in [3.63, 3.8) is 0 Å². The molecule has 0 unspecified atom stereocenters. The third-order valence-corrected chi connectivity index (χ3v) is 2.12. The van der Waals surface area contributed by atoms with Crippen molar-refractivity contribution in [3.05, 3.63) is 35.8 Å². The number of hydrogen-bond donors (Lipinski definition) is 2. The minimum absolute atomic E-state index is 0.0921. The average Bonchev–Trinajstić information content (AvgIpc) is 2.60. The van der Waals surface area contributed by atoms with Crippen molar-refractivity contribution in [3.8, 4) is 0 Å². The van der Waals surface area contributed by atoms with Gasteiger partial charge in [-0.25, -0.2) is 4.39 Å². The molecule has 4 heteroatoms. The first-order valence-corrected chi connectivity index (χ1v) is 4.79. The van der Waals surface area contributed by atoms with Gasteiger partial charge in [0.05, 0.1) is 13.2 Å². The number of rotatable bonds is 4. The second kappa shape index (κ2) is 4.42. The zero-order chi connectivity index (χ0) is 10.7. The molecule has 0 aliphatic rings. The predicted octanol–water partition coefficient (Wildman–Crippen LogP) is 1.65. The maximum Gasteiger partial charge on any atom is 0.134 e. The number of benzene rings is 1. The maximum absolute atomic E-state index is 12.9. The van der Waals surface area contributed by atoms with Crippen LogP contribution in [0, 0.1) is 5.82 Å². The van der Waals surface area contributed by atoms with E-state index in [9.17, 15) is 4.39 Å². The van der Waals surface area contributed by atoms with Gasteiger partial charge in [-0.05, 0) is 24.3 Å². The van der Waals surface area contributed by atoms with Crippen molar-refractivity contribution in [2.45, 2.75) is 6.54 Å². The summed E-state index contributed by atoms with van der Waals surface area (Å²) in [5, 5.41) is 12.3. The first-order chi connectivity index (χ1) is 7.29. The van der Waals surface area contributed by atoms with Gasteiger partial charge in [0.15, 0.2) is 0 Å². The average molecular weight is 209 g/mol. The number of aliphatic hydroxyl groups excluding tert-OH is 1. The monoisotopic (exact) mass is 209 g/mol. The second-order valence-corrected chi connectivity index (χ2v) is 3.30. The Bertz CT molecular complexity index is 453. The van der Waals surface area contributed by atoms with Gasteiger partial charge in [-0.3, -0.25) is 0 Å². The van der Waals surface area contributed by atoms with Crippen LogP contribution < -0.4 is 5.32 Å². The van der Waals surface area contributed by atoms with Gasteiger partial charge in [0.1, 0.15) is 17.2 Å². The number of hydrogen-bond acceptors (Lipinski definition) is 3. The molecule has 0 radical (unpaired) electrons. The molecule has 0 saturated heterocycles. The summed E-state index contributed by atoms with van der Waals surface area (Å²) in [5.74, 6) is 0.474. The summed E-state index contributed by atoms with van der Waals surface area (Å²) in [6, 6.07) is 6.22. The lowest BCUT2D eigenvalue weighted by Crippen LogP contribution is -2.16. The SMILES string of the molecule is OCCNCc1cc2cc(F)ccc2o1. The van der Waals surface area contributed by atoms with Gasteiger partial charge in [-0.15, -0.1) is 0 Å². The molecule has 0 atom stereocenters. The lowest BCUT2D eigenvalue weighted by atomic mass is 10.2. The Hall–Kier alpha value is -1.39. The fourth-order valence-corrected chi connectivity index (χ4v) is 1.45. The highest BCUT2D eigenvalue weighted by Gasteiger charge is 2.03. The zero-order valence-corrected chi connectivity index (χ0v) is 8.16. The van der Waals surface area contributed by atoms with E-state index in [0.29, 0.717) is 18.7 Å². The highest BCUT2D eigenvalue weighted by atomic mass is 19.1. The van der Waals surface area contributed by atoms with Gasteiger partial charge in [0.2, 0.25) is 0 Å². The molecule has 2 N–H and O–H groups in total. The minimum Gasteiger partial charge on any atom is -0.460 e. The molecule has 0 fully saturated rings. The Kier molecular flexibility index (Phi) is 2.99. The summed E-state index contributed by atoms with van der Waals surface area (Å²) in [7, 11) is 0. The smallest absolute Gasteiger partial charge is 0.134 e. The number of fused-ring (bicyclic) bond motifs is 1. The van der Waals surface area contributed by atoms with Crippen LogP contribution in [-0.2, 0) is 6.54 Å². The predicted molar refractivity (Wildman–Crippen MR) is 55.0 cm³/mol. The van der Waals surface area contributed by atoms with E-state index < -0.39 is 0 Å². The van der Waals surface area contributed by atoms with Gasteiger partial charge < -0.3 is 14.8 Å². The molecule has 15 heavy (non-hydrogen) atoms. The quantitative estimate of drug-likeness (QED) is 0.753. The Labute approximate surface area is 86.5 Å². The molecular weight excluding hydrogens is 197 g/mol. The molecule has 0 aliphatic carbocycles. The summed E-state index contributed by atoms with van der Waals surface area (Å²) in [6.07, 6.45) is 0. The molecule has 0 bridgehead atoms. The highest BCUT2D eigenvalue weighted by Crippen LogP contribution is 2.19. The van der Waals surface area contributed by atoms with Gasteiger partial charge in [-0.1, -0.05) is 0 Å². The minimum atomic E-state index is -0.266. The van der Waals surface area contributed by atoms with Crippen LogP contribution in [0.25, 0.3) is 11.0 Å². The van der Waals surface area contributed by atoms with Gasteiger partial charge in [0, 0.05) is 11.9 Å². The van der Waals surface area contributed by atoms with E-state index in [1.165, 1.54) is 12.1 Å². The van der Waals surface area contributed by atoms with Crippen LogP contribution in [0.1, 0.15) is 5.76 Å². The van der Waals surface area contributed by atoms with E-state index >= 15 is 0 Å². The standard InChI is InChI=1S/C11H12FNO2/c12-9-1-2-11-8(5-9)6-10(15-11)7-13-3-4-14/h1-2,5-6,13-14H,3-4,7H2. The number of aliphatic hydroxyl groups is 1. The molecule has 2 rings (SSSR count). The van der Waals surface area contributed by atoms with E-state index in [1.807, 2.05) is 0 Å². The van der Waals surface area contributed by atoms with Crippen molar-refractivity contribution in [2.75, 3.05) is 13.2 Å². The lowest BCUT2D eigenvalue weighted by Gasteiger charge is -1.97. The third kappa shape index (κ3) is 2.34. The topological polar surface area (TPSA) is 45.4 Å². The van der Waals surface area contributed by atoms with E-state index in [-0.39, 0.29) is 12.4 Å². The third-order valence-electron chi connectivity index (χ3n) is 2.12. The molecule has 0 saturated carbocycles. The molecule has 80 valence electrons. The van der Waals surface area contributed by atoms with Crippen LogP contribution in [-0.4, -0.2) is 18.3 Å². The molecule has 1 aromatic carbocycles. The van der Waals surface area contributed by atoms with Crippen LogP contribution in [0.3, 0.4) is 0 Å². The largest absolute Gasteiger partial charge is 0.460 e. The van der Waals surface area contributed by atoms with Gasteiger partial charge >= 0.3 is 0 Å². The van der Waals surface area contributed by atoms with E-state index in [2.05, 4.69) is 5.32 Å². The molecule has 0 aliphatic heterocycles. The molecule has 2 aromatic rings. The lowest BCUT2D eigenvalue weighted by molar-refractivity contribution is 0.290. The zero-order valence-electron chi connectivity index (χ0n) is 8.16. The summed E-state index contributed by atoms with van der Waals surface area (Å²) in [4.78, 5) is 0. The summed E-state index contributed by atoms with van der Waals surface area (Å²) >= 11 is 0. The molecule has 1 heterocycles. The number of furan rings is 1. The number of halogens is 1. The van der Waals surface area contributed by atoms with Crippen LogP contribution >= 0.6 is 0 Å². The van der Waals surface area contributed by atoms with Crippen LogP contribution in [0.4, 0.5) is 4.39 Å². The summed E-state index contributed by atoms with van der Waals surface area (Å²) in [5.41, 5.74) is 0.678. The van der Waals surface area contributed by atoms with Gasteiger partial charge in [-0.2, -0.15) is 0 Å². The molecule has 0 amide bonds. The first-order valence-electron chi connectivity index (χ1n) is 4.79. The van der Waals surface area contributed by atoms with Gasteiger partial charge in [0.25, 0.3) is 0 Å². The van der Waals surface area contributed by atoms with Crippen molar-refractivity contribution in [2.24, 2.45) is 0 Å². The Morgan fingerprint density at radius 3 is 3.00 bits per heavy atom. The normalized spacial score (nSPS) is 11.1. The van der Waals surface area contributed by atoms with Crippen LogP contribution in [0.2, 0.25) is 0 Å². The molecule has 1 aromatic heterocycles. The van der Waals surface area contributed by atoms with Crippen molar-refractivity contribution >= 4 is 11.0 Å². The summed E-state index contributed by atoms with van der Waals surface area (Å²) < 4.78 is 18.3. The Morgan fingerprint density at radius 1 is 1.33 bits per heavy atom. The van der Waals surface area contributed by atoms with Crippen molar-refractivity contribution in [1.29, 1.82) is 0 Å². The van der Waals surface area contributed by atoms with E-state index in [1.54, 1.807) is 12.1 Å². The molecular formula is C11H12FNO2. The number of nitrogens with one attached hydrogen (secondary N) is 1. The van der Waals surface area contributed by atoms with Crippen LogP contribution in [0.5, 0.6) is 0 Å². The van der Waals surface area contributed by atoms with Crippen molar-refractivity contribution < 1.29 is 13.9 Å². The highest BCUT2D eigenvalue weighted by molar-refractivity contribution is 5.77. The summed E-state index contributed by atoms with van der Waals surface area (Å²) in [6.45, 7) is 1.15. The Morgan fingerprint density at radius 2 is 2.20 bits per heavy atom.